The highest BCUT2D eigenvalue weighted by molar-refractivity contribution is 7.13. The maximum atomic E-state index is 13.4. The number of carbonyl (C=O) groups excluding carboxylic acids is 1. The van der Waals surface area contributed by atoms with Gasteiger partial charge in [-0.2, -0.15) is 0 Å². The van der Waals surface area contributed by atoms with Gasteiger partial charge in [0.1, 0.15) is 11.3 Å². The first-order valence-corrected chi connectivity index (χ1v) is 8.10. The molecule has 2 fully saturated rings. The topological polar surface area (TPSA) is 49.3 Å². The summed E-state index contributed by atoms with van der Waals surface area (Å²) in [5.41, 5.74) is 2.31. The van der Waals surface area contributed by atoms with Crippen molar-refractivity contribution in [2.24, 2.45) is 5.41 Å². The van der Waals surface area contributed by atoms with Crippen LogP contribution in [0.2, 0.25) is 0 Å². The molecule has 0 N–H and O–H groups in total. The van der Waals surface area contributed by atoms with Crippen LogP contribution in [-0.4, -0.2) is 35.7 Å². The van der Waals surface area contributed by atoms with Gasteiger partial charge in [-0.1, -0.05) is 17.4 Å². The number of rotatable bonds is 2. The van der Waals surface area contributed by atoms with Gasteiger partial charge in [0, 0.05) is 37.2 Å². The fourth-order valence-corrected chi connectivity index (χ4v) is 4.04. The molecule has 1 aromatic heterocycles. The summed E-state index contributed by atoms with van der Waals surface area (Å²) < 4.78 is 13.4. The highest BCUT2D eigenvalue weighted by Gasteiger charge is 2.48. The number of hydrogen-bond acceptors (Lipinski definition) is 5. The van der Waals surface area contributed by atoms with E-state index in [4.69, 9.17) is 0 Å². The monoisotopic (exact) mass is 318 g/mol. The van der Waals surface area contributed by atoms with Crippen molar-refractivity contribution in [1.29, 1.82) is 0 Å². The van der Waals surface area contributed by atoms with Gasteiger partial charge in [0.15, 0.2) is 0 Å². The third kappa shape index (κ3) is 2.25. The van der Waals surface area contributed by atoms with Crippen LogP contribution in [-0.2, 0) is 4.79 Å². The van der Waals surface area contributed by atoms with E-state index in [-0.39, 0.29) is 17.1 Å². The van der Waals surface area contributed by atoms with Crippen molar-refractivity contribution in [2.75, 3.05) is 29.4 Å². The van der Waals surface area contributed by atoms with Crippen LogP contribution in [0.25, 0.3) is 0 Å². The molecule has 2 aliphatic heterocycles. The fraction of sp³-hybridized carbons (Fsp3) is 0.400. The highest BCUT2D eigenvalue weighted by atomic mass is 32.1. The van der Waals surface area contributed by atoms with Crippen LogP contribution in [0, 0.1) is 11.2 Å². The number of halogens is 1. The van der Waals surface area contributed by atoms with E-state index < -0.39 is 0 Å². The normalized spacial score (nSPS) is 24.7. The molecule has 4 rings (SSSR count). The molecule has 0 saturated carbocycles. The molecule has 5 nitrogen and oxygen atoms in total. The number of hydrogen-bond donors (Lipinski definition) is 0. The van der Waals surface area contributed by atoms with Gasteiger partial charge in [0.05, 0.1) is 0 Å². The molecule has 7 heteroatoms. The molecule has 1 spiro atoms. The Morgan fingerprint density at radius 3 is 3.00 bits per heavy atom. The van der Waals surface area contributed by atoms with E-state index in [1.54, 1.807) is 22.5 Å². The average Bonchev–Trinajstić information content (AvgIpc) is 3.20. The molecule has 0 aliphatic carbocycles. The number of amides is 1. The summed E-state index contributed by atoms with van der Waals surface area (Å²) in [6.07, 6.45) is 1.46. The second-order valence-corrected chi connectivity index (χ2v) is 6.84. The molecule has 2 saturated heterocycles. The minimum absolute atomic E-state index is 0.0604. The van der Waals surface area contributed by atoms with E-state index in [2.05, 4.69) is 15.1 Å². The Bertz CT molecular complexity index is 707. The van der Waals surface area contributed by atoms with E-state index in [9.17, 15) is 9.18 Å². The Morgan fingerprint density at radius 2 is 2.23 bits per heavy atom. The van der Waals surface area contributed by atoms with Crippen LogP contribution < -0.4 is 9.80 Å². The Balaban J connectivity index is 1.55. The van der Waals surface area contributed by atoms with Crippen molar-refractivity contribution in [3.63, 3.8) is 0 Å². The lowest BCUT2D eigenvalue weighted by molar-refractivity contribution is -0.117. The summed E-state index contributed by atoms with van der Waals surface area (Å²) in [5, 5.41) is 8.89. The third-order valence-corrected chi connectivity index (χ3v) is 5.25. The van der Waals surface area contributed by atoms with Crippen molar-refractivity contribution >= 4 is 28.1 Å². The zero-order valence-electron chi connectivity index (χ0n) is 11.9. The molecule has 114 valence electrons. The number of benzene rings is 1. The van der Waals surface area contributed by atoms with Gasteiger partial charge in [0.25, 0.3) is 0 Å². The second kappa shape index (κ2) is 5.01. The Hall–Kier alpha value is -2.02. The van der Waals surface area contributed by atoms with Crippen LogP contribution >= 0.6 is 11.3 Å². The molecule has 2 aliphatic rings. The fourth-order valence-electron chi connectivity index (χ4n) is 3.45. The summed E-state index contributed by atoms with van der Waals surface area (Å²) in [7, 11) is 0. The minimum Gasteiger partial charge on any atom is -0.346 e. The summed E-state index contributed by atoms with van der Waals surface area (Å²) in [6.45, 7) is 2.34. The molecule has 1 amide bonds. The van der Waals surface area contributed by atoms with Crippen LogP contribution in [0.15, 0.2) is 29.8 Å². The zero-order valence-corrected chi connectivity index (χ0v) is 12.7. The van der Waals surface area contributed by atoms with Crippen molar-refractivity contribution in [3.05, 3.63) is 35.6 Å². The number of anilines is 2. The van der Waals surface area contributed by atoms with Gasteiger partial charge in [-0.25, -0.2) is 4.39 Å². The minimum atomic E-state index is -0.312. The zero-order chi connectivity index (χ0) is 15.2. The first kappa shape index (κ1) is 13.6. The van der Waals surface area contributed by atoms with E-state index in [0.717, 1.165) is 24.6 Å². The average molecular weight is 318 g/mol. The molecule has 0 radical (unpaired) electrons. The van der Waals surface area contributed by atoms with Gasteiger partial charge in [-0.3, -0.25) is 4.79 Å². The van der Waals surface area contributed by atoms with Crippen LogP contribution in [0.4, 0.5) is 15.2 Å². The molecule has 22 heavy (non-hydrogen) atoms. The Morgan fingerprint density at radius 1 is 1.32 bits per heavy atom. The highest BCUT2D eigenvalue weighted by Crippen LogP contribution is 2.43. The lowest BCUT2D eigenvalue weighted by Crippen LogP contribution is -2.31. The van der Waals surface area contributed by atoms with Gasteiger partial charge in [-0.05, 0) is 24.6 Å². The molecular weight excluding hydrogens is 303 g/mol. The Labute approximate surface area is 131 Å². The maximum absolute atomic E-state index is 13.4. The van der Waals surface area contributed by atoms with E-state index in [1.807, 2.05) is 0 Å². The first-order valence-electron chi connectivity index (χ1n) is 7.22. The molecule has 0 bridgehead atoms. The van der Waals surface area contributed by atoms with Gasteiger partial charge >= 0.3 is 0 Å². The molecular formula is C15H15FN4OS. The lowest BCUT2D eigenvalue weighted by atomic mass is 9.86. The molecule has 1 atom stereocenters. The van der Waals surface area contributed by atoms with E-state index >= 15 is 0 Å². The second-order valence-electron chi connectivity index (χ2n) is 6.03. The maximum Gasteiger partial charge on any atom is 0.227 e. The van der Waals surface area contributed by atoms with Gasteiger partial charge in [-0.15, -0.1) is 10.2 Å². The predicted molar refractivity (Wildman–Crippen MR) is 82.5 cm³/mol. The number of aromatic nitrogens is 2. The van der Waals surface area contributed by atoms with Crippen LogP contribution in [0.5, 0.6) is 0 Å². The lowest BCUT2D eigenvalue weighted by Gasteiger charge is -2.23. The molecule has 3 heterocycles. The number of carbonyl (C=O) groups is 1. The smallest absolute Gasteiger partial charge is 0.227 e. The summed E-state index contributed by atoms with van der Waals surface area (Å²) in [5.74, 6) is -0.238. The van der Waals surface area contributed by atoms with Gasteiger partial charge in [0.2, 0.25) is 11.0 Å². The predicted octanol–water partition coefficient (Wildman–Crippen LogP) is 2.31. The standard InChI is InChI=1S/C15H15FN4OS/c16-11-2-1-3-12(6-11)20-9-15(7-13(20)21)4-5-19(8-15)14-18-17-10-22-14/h1-3,6,10H,4-5,7-9H2/t15-/m1/s1. The quantitative estimate of drug-likeness (QED) is 0.852. The number of nitrogens with zero attached hydrogens (tertiary/aromatic N) is 4. The van der Waals surface area contributed by atoms with Crippen LogP contribution in [0.3, 0.4) is 0 Å². The van der Waals surface area contributed by atoms with Crippen molar-refractivity contribution < 1.29 is 9.18 Å². The SMILES string of the molecule is O=C1C[C@@]2(CCN(c3nncs3)C2)CN1c1cccc(F)c1. The van der Waals surface area contributed by atoms with Gasteiger partial charge < -0.3 is 9.80 Å². The van der Waals surface area contributed by atoms with E-state index in [0.29, 0.717) is 18.7 Å². The van der Waals surface area contributed by atoms with Crippen molar-refractivity contribution in [3.8, 4) is 0 Å². The van der Waals surface area contributed by atoms with E-state index in [1.165, 1.54) is 23.5 Å². The van der Waals surface area contributed by atoms with Crippen molar-refractivity contribution in [2.45, 2.75) is 12.8 Å². The summed E-state index contributed by atoms with van der Waals surface area (Å²) in [6, 6.07) is 6.25. The molecule has 2 aromatic rings. The summed E-state index contributed by atoms with van der Waals surface area (Å²) in [4.78, 5) is 16.3. The summed E-state index contributed by atoms with van der Waals surface area (Å²) >= 11 is 1.52. The Kier molecular flexibility index (Phi) is 3.11. The largest absolute Gasteiger partial charge is 0.346 e. The molecule has 0 unspecified atom stereocenters. The van der Waals surface area contributed by atoms with Crippen LogP contribution in [0.1, 0.15) is 12.8 Å². The third-order valence-electron chi connectivity index (χ3n) is 4.50. The van der Waals surface area contributed by atoms with Crippen molar-refractivity contribution in [1.82, 2.24) is 10.2 Å². The molecule has 1 aromatic carbocycles. The first-order chi connectivity index (χ1) is 10.7.